The quantitative estimate of drug-likeness (QED) is 0.859. The molecule has 0 spiro atoms. The highest BCUT2D eigenvalue weighted by molar-refractivity contribution is 5.65. The normalized spacial score (nSPS) is 10.4. The van der Waals surface area contributed by atoms with E-state index < -0.39 is 0 Å². The zero-order chi connectivity index (χ0) is 13.5. The molecular weight excluding hydrogens is 236 g/mol. The van der Waals surface area contributed by atoms with Gasteiger partial charge in [0.1, 0.15) is 0 Å². The molecule has 0 radical (unpaired) electrons. The lowest BCUT2D eigenvalue weighted by Gasteiger charge is -2.26. The van der Waals surface area contributed by atoms with Crippen molar-refractivity contribution in [1.82, 2.24) is 4.98 Å². The fourth-order valence-corrected chi connectivity index (χ4v) is 2.12. The molecule has 2 aromatic rings. The summed E-state index contributed by atoms with van der Waals surface area (Å²) in [6.45, 7) is 3.14. The Balaban J connectivity index is 2.37. The topological polar surface area (TPSA) is 36.4 Å². The molecule has 0 saturated carbocycles. The van der Waals surface area contributed by atoms with Gasteiger partial charge in [-0.1, -0.05) is 31.5 Å². The first-order valence-electron chi connectivity index (χ1n) is 6.73. The summed E-state index contributed by atoms with van der Waals surface area (Å²) in [5.74, 6) is 0. The fourth-order valence-electron chi connectivity index (χ4n) is 2.12. The van der Waals surface area contributed by atoms with Crippen molar-refractivity contribution in [1.29, 1.82) is 0 Å². The first-order valence-corrected chi connectivity index (χ1v) is 6.73. The maximum atomic E-state index is 9.47. The molecule has 0 fully saturated rings. The fraction of sp³-hybridized carbons (Fsp3) is 0.312. The minimum absolute atomic E-state index is 0.0125. The average molecular weight is 256 g/mol. The van der Waals surface area contributed by atoms with Crippen molar-refractivity contribution in [3.8, 4) is 0 Å². The first kappa shape index (κ1) is 13.6. The Morgan fingerprint density at radius 2 is 1.95 bits per heavy atom. The van der Waals surface area contributed by atoms with Gasteiger partial charge in [0.05, 0.1) is 6.61 Å². The van der Waals surface area contributed by atoms with Crippen LogP contribution in [-0.2, 0) is 6.61 Å². The van der Waals surface area contributed by atoms with Crippen molar-refractivity contribution in [2.24, 2.45) is 0 Å². The summed E-state index contributed by atoms with van der Waals surface area (Å²) in [7, 11) is 0. The van der Waals surface area contributed by atoms with Crippen LogP contribution in [0.25, 0.3) is 0 Å². The molecule has 3 nitrogen and oxygen atoms in total. The summed E-state index contributed by atoms with van der Waals surface area (Å²) in [6.07, 6.45) is 5.76. The Bertz CT molecular complexity index is 499. The predicted molar refractivity (Wildman–Crippen MR) is 78.5 cm³/mol. The van der Waals surface area contributed by atoms with E-state index in [0.717, 1.165) is 36.3 Å². The van der Waals surface area contributed by atoms with E-state index in [-0.39, 0.29) is 6.61 Å². The molecule has 0 amide bonds. The number of aromatic nitrogens is 1. The number of aliphatic hydroxyl groups is 1. The minimum Gasteiger partial charge on any atom is -0.392 e. The molecule has 0 aliphatic carbocycles. The minimum atomic E-state index is 0.0125. The van der Waals surface area contributed by atoms with Crippen LogP contribution in [0.1, 0.15) is 25.3 Å². The van der Waals surface area contributed by atoms with Crippen LogP contribution < -0.4 is 4.90 Å². The van der Waals surface area contributed by atoms with Gasteiger partial charge in [0.15, 0.2) is 0 Å². The van der Waals surface area contributed by atoms with Crippen LogP contribution >= 0.6 is 0 Å². The van der Waals surface area contributed by atoms with Gasteiger partial charge in [-0.15, -0.1) is 0 Å². The monoisotopic (exact) mass is 256 g/mol. The van der Waals surface area contributed by atoms with Crippen molar-refractivity contribution in [2.75, 3.05) is 11.4 Å². The average Bonchev–Trinajstić information content (AvgIpc) is 2.49. The third kappa shape index (κ3) is 3.32. The van der Waals surface area contributed by atoms with Gasteiger partial charge in [0.25, 0.3) is 0 Å². The van der Waals surface area contributed by atoms with Gasteiger partial charge in [0, 0.05) is 35.9 Å². The SMILES string of the molecule is CCCCN(c1ccccc1)c1ccncc1CO. The Morgan fingerprint density at radius 3 is 2.63 bits per heavy atom. The lowest BCUT2D eigenvalue weighted by atomic mass is 10.1. The van der Waals surface area contributed by atoms with Crippen LogP contribution in [0.5, 0.6) is 0 Å². The number of pyridine rings is 1. The number of nitrogens with zero attached hydrogens (tertiary/aromatic N) is 2. The van der Waals surface area contributed by atoms with E-state index in [0.29, 0.717) is 0 Å². The Kier molecular flexibility index (Phi) is 4.93. The highest BCUT2D eigenvalue weighted by Crippen LogP contribution is 2.28. The molecule has 19 heavy (non-hydrogen) atoms. The van der Waals surface area contributed by atoms with Crippen LogP contribution in [-0.4, -0.2) is 16.6 Å². The first-order chi connectivity index (χ1) is 9.36. The number of anilines is 2. The molecule has 0 unspecified atom stereocenters. The predicted octanol–water partition coefficient (Wildman–Crippen LogP) is 3.51. The Labute approximate surface area is 114 Å². The number of aliphatic hydroxyl groups excluding tert-OH is 1. The van der Waals surface area contributed by atoms with Crippen molar-refractivity contribution in [3.63, 3.8) is 0 Å². The largest absolute Gasteiger partial charge is 0.392 e. The molecule has 100 valence electrons. The molecule has 0 atom stereocenters. The number of para-hydroxylation sites is 1. The number of hydrogen-bond donors (Lipinski definition) is 1. The van der Waals surface area contributed by atoms with Gasteiger partial charge in [-0.2, -0.15) is 0 Å². The summed E-state index contributed by atoms with van der Waals surface area (Å²) < 4.78 is 0. The van der Waals surface area contributed by atoms with E-state index in [2.05, 4.69) is 28.9 Å². The van der Waals surface area contributed by atoms with E-state index in [1.165, 1.54) is 0 Å². The van der Waals surface area contributed by atoms with Crippen LogP contribution in [0.15, 0.2) is 48.8 Å². The van der Waals surface area contributed by atoms with E-state index in [9.17, 15) is 5.11 Å². The molecule has 1 heterocycles. The Hall–Kier alpha value is -1.87. The van der Waals surface area contributed by atoms with E-state index >= 15 is 0 Å². The van der Waals surface area contributed by atoms with Gasteiger partial charge in [-0.05, 0) is 24.6 Å². The zero-order valence-electron chi connectivity index (χ0n) is 11.3. The molecular formula is C16H20N2O. The molecule has 0 aliphatic rings. The number of unbranched alkanes of at least 4 members (excludes halogenated alkanes) is 1. The summed E-state index contributed by atoms with van der Waals surface area (Å²) in [4.78, 5) is 6.33. The van der Waals surface area contributed by atoms with Gasteiger partial charge in [-0.3, -0.25) is 4.98 Å². The molecule has 0 aliphatic heterocycles. The third-order valence-corrected chi connectivity index (χ3v) is 3.14. The van der Waals surface area contributed by atoms with E-state index in [1.807, 2.05) is 24.3 Å². The van der Waals surface area contributed by atoms with Crippen LogP contribution in [0.3, 0.4) is 0 Å². The summed E-state index contributed by atoms with van der Waals surface area (Å²) in [5, 5.41) is 9.47. The Morgan fingerprint density at radius 1 is 1.16 bits per heavy atom. The molecule has 1 aromatic carbocycles. The van der Waals surface area contributed by atoms with Crippen molar-refractivity contribution < 1.29 is 5.11 Å². The van der Waals surface area contributed by atoms with Crippen molar-refractivity contribution in [3.05, 3.63) is 54.4 Å². The standard InChI is InChI=1S/C16H20N2O/c1-2-3-11-18(15-7-5-4-6-8-15)16-9-10-17-12-14(16)13-19/h4-10,12,19H,2-3,11,13H2,1H3. The molecule has 3 heteroatoms. The van der Waals surface area contributed by atoms with E-state index in [1.54, 1.807) is 12.4 Å². The zero-order valence-corrected chi connectivity index (χ0v) is 11.3. The smallest absolute Gasteiger partial charge is 0.0717 e. The summed E-state index contributed by atoms with van der Waals surface area (Å²) in [6, 6.07) is 12.2. The maximum absolute atomic E-state index is 9.47. The number of rotatable bonds is 6. The molecule has 1 aromatic heterocycles. The van der Waals surface area contributed by atoms with Crippen LogP contribution in [0.2, 0.25) is 0 Å². The summed E-state index contributed by atoms with van der Waals surface area (Å²) in [5.41, 5.74) is 3.05. The molecule has 2 rings (SSSR count). The highest BCUT2D eigenvalue weighted by Gasteiger charge is 2.12. The van der Waals surface area contributed by atoms with Gasteiger partial charge in [-0.25, -0.2) is 0 Å². The second kappa shape index (κ2) is 6.90. The molecule has 1 N–H and O–H groups in total. The van der Waals surface area contributed by atoms with Crippen LogP contribution in [0.4, 0.5) is 11.4 Å². The number of benzene rings is 1. The molecule has 0 bridgehead atoms. The van der Waals surface area contributed by atoms with Gasteiger partial charge >= 0.3 is 0 Å². The van der Waals surface area contributed by atoms with Gasteiger partial charge < -0.3 is 10.0 Å². The number of hydrogen-bond acceptors (Lipinski definition) is 3. The lowest BCUT2D eigenvalue weighted by molar-refractivity contribution is 0.281. The lowest BCUT2D eigenvalue weighted by Crippen LogP contribution is -2.19. The van der Waals surface area contributed by atoms with Gasteiger partial charge in [0.2, 0.25) is 0 Å². The highest BCUT2D eigenvalue weighted by atomic mass is 16.3. The van der Waals surface area contributed by atoms with E-state index in [4.69, 9.17) is 0 Å². The third-order valence-electron chi connectivity index (χ3n) is 3.14. The maximum Gasteiger partial charge on any atom is 0.0717 e. The van der Waals surface area contributed by atoms with Crippen molar-refractivity contribution >= 4 is 11.4 Å². The van der Waals surface area contributed by atoms with Crippen LogP contribution in [0, 0.1) is 0 Å². The second-order valence-corrected chi connectivity index (χ2v) is 4.50. The molecule has 0 saturated heterocycles. The van der Waals surface area contributed by atoms with Crippen molar-refractivity contribution in [2.45, 2.75) is 26.4 Å². The second-order valence-electron chi connectivity index (χ2n) is 4.50. The summed E-state index contributed by atoms with van der Waals surface area (Å²) >= 11 is 0.